The summed E-state index contributed by atoms with van der Waals surface area (Å²) in [5, 5.41) is 5.69. The summed E-state index contributed by atoms with van der Waals surface area (Å²) < 4.78 is 13.2. The highest BCUT2D eigenvalue weighted by Crippen LogP contribution is 2.18. The Kier molecular flexibility index (Phi) is 4.43. The molecule has 3 rings (SSSR count). The number of hydrogen-bond donors (Lipinski definition) is 1. The summed E-state index contributed by atoms with van der Waals surface area (Å²) in [6, 6.07) is 9.57. The van der Waals surface area contributed by atoms with Crippen LogP contribution in [0.15, 0.2) is 48.0 Å². The molecular formula is C17H14FN3OS. The van der Waals surface area contributed by atoms with Crippen molar-refractivity contribution in [1.29, 1.82) is 0 Å². The van der Waals surface area contributed by atoms with Crippen LogP contribution >= 0.6 is 11.3 Å². The van der Waals surface area contributed by atoms with Crippen molar-refractivity contribution in [1.82, 2.24) is 15.3 Å². The van der Waals surface area contributed by atoms with Crippen molar-refractivity contribution < 1.29 is 9.18 Å². The van der Waals surface area contributed by atoms with Gasteiger partial charge in [0.1, 0.15) is 5.82 Å². The highest BCUT2D eigenvalue weighted by molar-refractivity contribution is 7.09. The van der Waals surface area contributed by atoms with Gasteiger partial charge in [-0.15, -0.1) is 11.3 Å². The van der Waals surface area contributed by atoms with Gasteiger partial charge in [0.2, 0.25) is 0 Å². The largest absolute Gasteiger partial charge is 0.346 e. The SMILES string of the molecule is Cc1nc(CNC(=O)c2ccc(-c3cccc(F)c3)nc2)cs1. The summed E-state index contributed by atoms with van der Waals surface area (Å²) in [6.07, 6.45) is 1.49. The molecule has 0 aliphatic carbocycles. The first-order valence-corrected chi connectivity index (χ1v) is 7.91. The highest BCUT2D eigenvalue weighted by Gasteiger charge is 2.08. The third-order valence-electron chi connectivity index (χ3n) is 3.24. The molecule has 0 unspecified atom stereocenters. The van der Waals surface area contributed by atoms with E-state index in [4.69, 9.17) is 0 Å². The van der Waals surface area contributed by atoms with Gasteiger partial charge in [-0.25, -0.2) is 9.37 Å². The van der Waals surface area contributed by atoms with E-state index in [2.05, 4.69) is 15.3 Å². The predicted molar refractivity (Wildman–Crippen MR) is 87.7 cm³/mol. The molecule has 0 spiro atoms. The molecule has 0 saturated carbocycles. The Morgan fingerprint density at radius 3 is 2.83 bits per heavy atom. The summed E-state index contributed by atoms with van der Waals surface area (Å²) in [7, 11) is 0. The van der Waals surface area contributed by atoms with Gasteiger partial charge in [-0.2, -0.15) is 0 Å². The Labute approximate surface area is 137 Å². The zero-order valence-corrected chi connectivity index (χ0v) is 13.2. The molecule has 0 atom stereocenters. The van der Waals surface area contributed by atoms with Crippen LogP contribution in [0.2, 0.25) is 0 Å². The molecule has 2 aromatic heterocycles. The van der Waals surface area contributed by atoms with Gasteiger partial charge in [-0.05, 0) is 31.2 Å². The lowest BCUT2D eigenvalue weighted by atomic mass is 10.1. The number of nitrogens with one attached hydrogen (secondary N) is 1. The number of benzene rings is 1. The molecule has 0 fully saturated rings. The number of aromatic nitrogens is 2. The Hall–Kier alpha value is -2.60. The minimum atomic E-state index is -0.315. The zero-order valence-electron chi connectivity index (χ0n) is 12.4. The molecule has 0 aliphatic rings. The maximum absolute atomic E-state index is 13.2. The number of halogens is 1. The van der Waals surface area contributed by atoms with E-state index in [-0.39, 0.29) is 11.7 Å². The lowest BCUT2D eigenvalue weighted by Gasteiger charge is -2.05. The van der Waals surface area contributed by atoms with Crippen LogP contribution in [0.4, 0.5) is 4.39 Å². The molecule has 6 heteroatoms. The van der Waals surface area contributed by atoms with Crippen molar-refractivity contribution in [2.45, 2.75) is 13.5 Å². The van der Waals surface area contributed by atoms with Crippen LogP contribution in [-0.4, -0.2) is 15.9 Å². The second kappa shape index (κ2) is 6.66. The van der Waals surface area contributed by atoms with E-state index in [1.54, 1.807) is 35.6 Å². The molecule has 1 aromatic carbocycles. The third kappa shape index (κ3) is 3.78. The van der Waals surface area contributed by atoms with Gasteiger partial charge in [-0.3, -0.25) is 9.78 Å². The van der Waals surface area contributed by atoms with Crippen LogP contribution in [0, 0.1) is 12.7 Å². The van der Waals surface area contributed by atoms with E-state index in [9.17, 15) is 9.18 Å². The van der Waals surface area contributed by atoms with E-state index in [1.807, 2.05) is 12.3 Å². The number of amides is 1. The Morgan fingerprint density at radius 2 is 2.17 bits per heavy atom. The number of hydrogen-bond acceptors (Lipinski definition) is 4. The first-order chi connectivity index (χ1) is 11.1. The van der Waals surface area contributed by atoms with Gasteiger partial charge in [0.25, 0.3) is 5.91 Å². The maximum atomic E-state index is 13.2. The average molecular weight is 327 g/mol. The molecule has 23 heavy (non-hydrogen) atoms. The monoisotopic (exact) mass is 327 g/mol. The van der Waals surface area contributed by atoms with Gasteiger partial charge in [0.15, 0.2) is 0 Å². The van der Waals surface area contributed by atoms with Crippen LogP contribution in [0.3, 0.4) is 0 Å². The van der Waals surface area contributed by atoms with Crippen LogP contribution in [0.25, 0.3) is 11.3 Å². The van der Waals surface area contributed by atoms with Crippen molar-refractivity contribution in [3.05, 3.63) is 70.1 Å². The van der Waals surface area contributed by atoms with Crippen molar-refractivity contribution in [2.24, 2.45) is 0 Å². The molecule has 1 N–H and O–H groups in total. The van der Waals surface area contributed by atoms with Crippen LogP contribution < -0.4 is 5.32 Å². The minimum Gasteiger partial charge on any atom is -0.346 e. The van der Waals surface area contributed by atoms with E-state index >= 15 is 0 Å². The molecular weight excluding hydrogens is 313 g/mol. The Balaban J connectivity index is 1.68. The molecule has 2 heterocycles. The first-order valence-electron chi connectivity index (χ1n) is 7.03. The van der Waals surface area contributed by atoms with E-state index in [0.717, 1.165) is 10.7 Å². The molecule has 0 radical (unpaired) electrons. The standard InChI is InChI=1S/C17H14FN3OS/c1-11-21-15(10-23-11)9-20-17(22)13-5-6-16(19-8-13)12-3-2-4-14(18)7-12/h2-8,10H,9H2,1H3,(H,20,22). The van der Waals surface area contributed by atoms with Gasteiger partial charge in [-0.1, -0.05) is 12.1 Å². The second-order valence-corrected chi connectivity index (χ2v) is 6.05. The smallest absolute Gasteiger partial charge is 0.253 e. The fraction of sp³-hybridized carbons (Fsp3) is 0.118. The summed E-state index contributed by atoms with van der Waals surface area (Å²) in [5.74, 6) is -0.529. The van der Waals surface area contributed by atoms with Crippen molar-refractivity contribution in [3.8, 4) is 11.3 Å². The molecule has 1 amide bonds. The fourth-order valence-electron chi connectivity index (χ4n) is 2.11. The Morgan fingerprint density at radius 1 is 1.30 bits per heavy atom. The lowest BCUT2D eigenvalue weighted by Crippen LogP contribution is -2.23. The van der Waals surface area contributed by atoms with Crippen LogP contribution in [0.5, 0.6) is 0 Å². The van der Waals surface area contributed by atoms with Crippen molar-refractivity contribution in [2.75, 3.05) is 0 Å². The van der Waals surface area contributed by atoms with Crippen LogP contribution in [-0.2, 0) is 6.54 Å². The molecule has 0 bridgehead atoms. The van der Waals surface area contributed by atoms with Crippen molar-refractivity contribution >= 4 is 17.2 Å². The summed E-state index contributed by atoms with van der Waals surface area (Å²) >= 11 is 1.55. The number of thiazole rings is 1. The van der Waals surface area contributed by atoms with Gasteiger partial charge in [0, 0.05) is 17.1 Å². The highest BCUT2D eigenvalue weighted by atomic mass is 32.1. The molecule has 0 aliphatic heterocycles. The number of carbonyl (C=O) groups excluding carboxylic acids is 1. The number of nitrogens with zero attached hydrogens (tertiary/aromatic N) is 2. The van der Waals surface area contributed by atoms with Gasteiger partial charge < -0.3 is 5.32 Å². The molecule has 0 saturated heterocycles. The minimum absolute atomic E-state index is 0.214. The topological polar surface area (TPSA) is 54.9 Å². The Bertz CT molecular complexity index is 830. The number of carbonyl (C=O) groups is 1. The number of pyridine rings is 1. The van der Waals surface area contributed by atoms with Crippen molar-refractivity contribution in [3.63, 3.8) is 0 Å². The van der Waals surface area contributed by atoms with E-state index in [1.165, 1.54) is 18.3 Å². The average Bonchev–Trinajstić information content (AvgIpc) is 2.98. The fourth-order valence-corrected chi connectivity index (χ4v) is 2.72. The first kappa shape index (κ1) is 15.3. The predicted octanol–water partition coefficient (Wildman–Crippen LogP) is 3.58. The summed E-state index contributed by atoms with van der Waals surface area (Å²) in [5.41, 5.74) is 2.59. The number of aryl methyl sites for hydroxylation is 1. The van der Waals surface area contributed by atoms with Crippen LogP contribution in [0.1, 0.15) is 21.1 Å². The molecule has 116 valence electrons. The maximum Gasteiger partial charge on any atom is 0.253 e. The molecule has 4 nitrogen and oxygen atoms in total. The third-order valence-corrected chi connectivity index (χ3v) is 4.07. The van der Waals surface area contributed by atoms with E-state index in [0.29, 0.717) is 23.4 Å². The summed E-state index contributed by atoms with van der Waals surface area (Å²) in [6.45, 7) is 2.31. The van der Waals surface area contributed by atoms with Gasteiger partial charge >= 0.3 is 0 Å². The lowest BCUT2D eigenvalue weighted by molar-refractivity contribution is 0.0950. The quantitative estimate of drug-likeness (QED) is 0.797. The normalized spacial score (nSPS) is 10.5. The molecule has 3 aromatic rings. The zero-order chi connectivity index (χ0) is 16.2. The van der Waals surface area contributed by atoms with E-state index < -0.39 is 0 Å². The number of rotatable bonds is 4. The van der Waals surface area contributed by atoms with Gasteiger partial charge in [0.05, 0.1) is 28.5 Å². The second-order valence-electron chi connectivity index (χ2n) is 4.98. The summed E-state index contributed by atoms with van der Waals surface area (Å²) in [4.78, 5) is 20.6.